The number of amides is 2. The number of fused-ring (bicyclic) bond motifs is 1. The molecule has 4 rings (SSSR count). The van der Waals surface area contributed by atoms with Crippen LogP contribution in [0.3, 0.4) is 0 Å². The van der Waals surface area contributed by atoms with E-state index >= 15 is 0 Å². The van der Waals surface area contributed by atoms with E-state index in [0.29, 0.717) is 18.8 Å². The van der Waals surface area contributed by atoms with Gasteiger partial charge in [-0.25, -0.2) is 0 Å². The van der Waals surface area contributed by atoms with Gasteiger partial charge in [0.1, 0.15) is 0 Å². The fraction of sp³-hybridized carbons (Fsp3) is 0.300. The summed E-state index contributed by atoms with van der Waals surface area (Å²) >= 11 is 0. The van der Waals surface area contributed by atoms with Crippen molar-refractivity contribution in [2.75, 3.05) is 18.2 Å². The van der Waals surface area contributed by atoms with Gasteiger partial charge in [0.2, 0.25) is 18.6 Å². The van der Waals surface area contributed by atoms with Crippen molar-refractivity contribution in [2.45, 2.75) is 19.9 Å². The van der Waals surface area contributed by atoms with E-state index in [4.69, 9.17) is 9.47 Å². The van der Waals surface area contributed by atoms with E-state index in [9.17, 15) is 9.59 Å². The molecular formula is C20H20N2O4. The van der Waals surface area contributed by atoms with Crippen LogP contribution >= 0.6 is 0 Å². The van der Waals surface area contributed by atoms with Crippen molar-refractivity contribution in [1.29, 1.82) is 0 Å². The molecule has 1 N–H and O–H groups in total. The van der Waals surface area contributed by atoms with Crippen molar-refractivity contribution in [3.63, 3.8) is 0 Å². The molecule has 2 amide bonds. The minimum Gasteiger partial charge on any atom is -0.454 e. The number of hydrogen-bond acceptors (Lipinski definition) is 4. The average molecular weight is 352 g/mol. The Kier molecular flexibility index (Phi) is 4.24. The third kappa shape index (κ3) is 3.22. The van der Waals surface area contributed by atoms with Gasteiger partial charge in [0, 0.05) is 25.2 Å². The van der Waals surface area contributed by atoms with E-state index in [1.165, 1.54) is 0 Å². The summed E-state index contributed by atoms with van der Waals surface area (Å²) in [6, 6.07) is 13.4. The first-order valence-electron chi connectivity index (χ1n) is 8.63. The first-order chi connectivity index (χ1) is 12.6. The quantitative estimate of drug-likeness (QED) is 0.917. The molecule has 0 saturated carbocycles. The summed E-state index contributed by atoms with van der Waals surface area (Å²) in [6.45, 7) is 3.02. The predicted molar refractivity (Wildman–Crippen MR) is 96.1 cm³/mol. The fourth-order valence-electron chi connectivity index (χ4n) is 3.31. The molecule has 1 saturated heterocycles. The van der Waals surface area contributed by atoms with Gasteiger partial charge >= 0.3 is 0 Å². The first kappa shape index (κ1) is 16.4. The molecule has 0 aromatic heterocycles. The minimum atomic E-state index is -0.336. The Balaban J connectivity index is 1.37. The number of benzene rings is 2. The lowest BCUT2D eigenvalue weighted by atomic mass is 10.1. The molecular weight excluding hydrogens is 332 g/mol. The van der Waals surface area contributed by atoms with Crippen LogP contribution in [0.1, 0.15) is 17.5 Å². The minimum absolute atomic E-state index is 0.0150. The lowest BCUT2D eigenvalue weighted by molar-refractivity contribution is -0.126. The Morgan fingerprint density at radius 2 is 2.04 bits per heavy atom. The standard InChI is InChI=1S/C20H20N2O4/c1-13-3-2-4-16(7-13)22-11-15(9-19(22)23)20(24)21-10-14-5-6-17-18(8-14)26-12-25-17/h2-8,15H,9-12H2,1H3,(H,21,24)/t15-/m0/s1. The molecule has 0 aliphatic carbocycles. The molecule has 2 aliphatic heterocycles. The van der Waals surface area contributed by atoms with Gasteiger partial charge < -0.3 is 19.7 Å². The van der Waals surface area contributed by atoms with Crippen LogP contribution in [0.2, 0.25) is 0 Å². The van der Waals surface area contributed by atoms with Gasteiger partial charge in [-0.05, 0) is 42.3 Å². The zero-order chi connectivity index (χ0) is 18.1. The van der Waals surface area contributed by atoms with E-state index < -0.39 is 0 Å². The van der Waals surface area contributed by atoms with Crippen LogP contribution in [-0.2, 0) is 16.1 Å². The van der Waals surface area contributed by atoms with Crippen LogP contribution in [0.15, 0.2) is 42.5 Å². The summed E-state index contributed by atoms with van der Waals surface area (Å²) in [5.41, 5.74) is 2.87. The van der Waals surface area contributed by atoms with Crippen molar-refractivity contribution in [2.24, 2.45) is 5.92 Å². The fourth-order valence-corrected chi connectivity index (χ4v) is 3.31. The highest BCUT2D eigenvalue weighted by Crippen LogP contribution is 2.32. The van der Waals surface area contributed by atoms with Gasteiger partial charge in [0.25, 0.3) is 0 Å². The van der Waals surface area contributed by atoms with Crippen molar-refractivity contribution >= 4 is 17.5 Å². The number of carbonyl (C=O) groups is 2. The zero-order valence-electron chi connectivity index (χ0n) is 14.5. The molecule has 26 heavy (non-hydrogen) atoms. The monoisotopic (exact) mass is 352 g/mol. The molecule has 0 bridgehead atoms. The molecule has 1 fully saturated rings. The predicted octanol–water partition coefficient (Wildman–Crippen LogP) is 2.39. The number of anilines is 1. The van der Waals surface area contributed by atoms with Crippen LogP contribution in [0.25, 0.3) is 0 Å². The SMILES string of the molecule is Cc1cccc(N2C[C@@H](C(=O)NCc3ccc4c(c3)OCO4)CC2=O)c1. The van der Waals surface area contributed by atoms with Gasteiger partial charge in [-0.15, -0.1) is 0 Å². The van der Waals surface area contributed by atoms with Gasteiger partial charge in [0.05, 0.1) is 5.92 Å². The Hall–Kier alpha value is -3.02. The molecule has 0 spiro atoms. The smallest absolute Gasteiger partial charge is 0.231 e. The summed E-state index contributed by atoms with van der Waals surface area (Å²) in [6.07, 6.45) is 0.237. The Morgan fingerprint density at radius 1 is 1.19 bits per heavy atom. The molecule has 1 atom stereocenters. The van der Waals surface area contributed by atoms with Crippen LogP contribution < -0.4 is 19.7 Å². The lowest BCUT2D eigenvalue weighted by Gasteiger charge is -2.17. The molecule has 0 radical (unpaired) electrons. The number of aryl methyl sites for hydroxylation is 1. The number of nitrogens with zero attached hydrogens (tertiary/aromatic N) is 1. The number of nitrogens with one attached hydrogen (secondary N) is 1. The number of ether oxygens (including phenoxy) is 2. The second-order valence-electron chi connectivity index (χ2n) is 6.65. The van der Waals surface area contributed by atoms with E-state index in [0.717, 1.165) is 22.6 Å². The summed E-state index contributed by atoms with van der Waals surface area (Å²) < 4.78 is 10.6. The molecule has 0 unspecified atom stereocenters. The highest BCUT2D eigenvalue weighted by molar-refractivity contribution is 6.00. The molecule has 2 heterocycles. The molecule has 2 aromatic carbocycles. The number of carbonyl (C=O) groups excluding carboxylic acids is 2. The van der Waals surface area contributed by atoms with Crippen molar-refractivity contribution in [1.82, 2.24) is 5.32 Å². The van der Waals surface area contributed by atoms with Gasteiger partial charge in [-0.2, -0.15) is 0 Å². The van der Waals surface area contributed by atoms with Crippen molar-refractivity contribution in [3.8, 4) is 11.5 Å². The molecule has 2 aromatic rings. The molecule has 6 nitrogen and oxygen atoms in total. The topological polar surface area (TPSA) is 67.9 Å². The van der Waals surface area contributed by atoms with Crippen LogP contribution in [-0.4, -0.2) is 25.2 Å². The van der Waals surface area contributed by atoms with Crippen LogP contribution in [0.4, 0.5) is 5.69 Å². The highest BCUT2D eigenvalue weighted by Gasteiger charge is 2.35. The molecule has 134 valence electrons. The van der Waals surface area contributed by atoms with Gasteiger partial charge in [-0.3, -0.25) is 9.59 Å². The van der Waals surface area contributed by atoms with Crippen LogP contribution in [0, 0.1) is 12.8 Å². The number of hydrogen-bond donors (Lipinski definition) is 1. The maximum Gasteiger partial charge on any atom is 0.231 e. The largest absolute Gasteiger partial charge is 0.454 e. The zero-order valence-corrected chi connectivity index (χ0v) is 14.5. The van der Waals surface area contributed by atoms with E-state index in [2.05, 4.69) is 5.32 Å². The third-order valence-corrected chi connectivity index (χ3v) is 4.71. The Bertz CT molecular complexity index is 865. The Morgan fingerprint density at radius 3 is 2.88 bits per heavy atom. The van der Waals surface area contributed by atoms with Crippen molar-refractivity contribution < 1.29 is 19.1 Å². The van der Waals surface area contributed by atoms with Crippen molar-refractivity contribution in [3.05, 3.63) is 53.6 Å². The van der Waals surface area contributed by atoms with E-state index in [1.54, 1.807) is 4.90 Å². The average Bonchev–Trinajstić information content (AvgIpc) is 3.25. The van der Waals surface area contributed by atoms with E-state index in [-0.39, 0.29) is 30.9 Å². The number of rotatable bonds is 4. The van der Waals surface area contributed by atoms with E-state index in [1.807, 2.05) is 49.4 Å². The lowest BCUT2D eigenvalue weighted by Crippen LogP contribution is -2.32. The highest BCUT2D eigenvalue weighted by atomic mass is 16.7. The Labute approximate surface area is 151 Å². The second kappa shape index (κ2) is 6.71. The molecule has 2 aliphatic rings. The summed E-state index contributed by atoms with van der Waals surface area (Å²) in [5.74, 6) is 0.954. The van der Waals surface area contributed by atoms with Gasteiger partial charge in [0.15, 0.2) is 11.5 Å². The summed E-state index contributed by atoms with van der Waals surface area (Å²) in [4.78, 5) is 26.5. The van der Waals surface area contributed by atoms with Gasteiger partial charge in [-0.1, -0.05) is 18.2 Å². The maximum atomic E-state index is 12.5. The maximum absolute atomic E-state index is 12.5. The second-order valence-corrected chi connectivity index (χ2v) is 6.65. The normalized spacial score (nSPS) is 18.3. The summed E-state index contributed by atoms with van der Waals surface area (Å²) in [7, 11) is 0. The first-order valence-corrected chi connectivity index (χ1v) is 8.63. The molecule has 6 heteroatoms. The summed E-state index contributed by atoms with van der Waals surface area (Å²) in [5, 5.41) is 2.92. The van der Waals surface area contributed by atoms with Crippen LogP contribution in [0.5, 0.6) is 11.5 Å². The third-order valence-electron chi connectivity index (χ3n) is 4.71.